The van der Waals surface area contributed by atoms with Gasteiger partial charge in [-0.1, -0.05) is 23.8 Å². The molecule has 0 aromatic heterocycles. The van der Waals surface area contributed by atoms with Crippen molar-refractivity contribution in [1.29, 1.82) is 0 Å². The van der Waals surface area contributed by atoms with Gasteiger partial charge in [0.15, 0.2) is 11.0 Å². The van der Waals surface area contributed by atoms with E-state index in [4.69, 9.17) is 17.3 Å². The molecule has 2 N–H and O–H groups in total. The molecule has 2 amide bonds. The first kappa shape index (κ1) is 18.4. The van der Waals surface area contributed by atoms with Crippen LogP contribution >= 0.6 is 12.2 Å². The van der Waals surface area contributed by atoms with Gasteiger partial charge in [0.2, 0.25) is 5.91 Å². The van der Waals surface area contributed by atoms with Crippen LogP contribution in [-0.2, 0) is 9.59 Å². The average molecular weight is 381 g/mol. The Morgan fingerprint density at radius 3 is 2.59 bits per heavy atom. The first-order valence-electron chi connectivity index (χ1n) is 8.00. The van der Waals surface area contributed by atoms with Crippen molar-refractivity contribution >= 4 is 52.7 Å². The van der Waals surface area contributed by atoms with E-state index in [1.165, 1.54) is 29.3 Å². The van der Waals surface area contributed by atoms with Crippen molar-refractivity contribution in [3.05, 3.63) is 59.7 Å². The lowest BCUT2D eigenvalue weighted by Gasteiger charge is -2.30. The Hall–Kier alpha value is -3.39. The zero-order chi connectivity index (χ0) is 19.6. The minimum atomic E-state index is -1.17. The number of nitrogens with one attached hydrogen (secondary N) is 1. The third kappa shape index (κ3) is 3.90. The van der Waals surface area contributed by atoms with Crippen molar-refractivity contribution in [2.45, 2.75) is 6.92 Å². The molecule has 27 heavy (non-hydrogen) atoms. The summed E-state index contributed by atoms with van der Waals surface area (Å²) in [6.07, 6.45) is 1.20. The van der Waals surface area contributed by atoms with Crippen molar-refractivity contribution in [3.8, 4) is 0 Å². The van der Waals surface area contributed by atoms with Crippen LogP contribution in [-0.4, -0.2) is 34.2 Å². The monoisotopic (exact) mass is 381 g/mol. The second kappa shape index (κ2) is 7.46. The maximum Gasteiger partial charge on any atom is 0.335 e. The van der Waals surface area contributed by atoms with Gasteiger partial charge >= 0.3 is 5.97 Å². The molecule has 1 fully saturated rings. The molecular formula is C19H15N3O4S. The molecule has 1 atom stereocenters. The third-order valence-corrected chi connectivity index (χ3v) is 4.24. The highest BCUT2D eigenvalue weighted by Gasteiger charge is 2.38. The maximum absolute atomic E-state index is 12.8. The largest absolute Gasteiger partial charge is 0.478 e. The molecule has 1 heterocycles. The SMILES string of the molecule is Cc1ccc(N2C(=O)[C@@H](C=Nc3cccc(C(=O)O)c3)C(=O)NC2=S)cc1. The third-order valence-electron chi connectivity index (χ3n) is 3.96. The van der Waals surface area contributed by atoms with Crippen LogP contribution in [0.25, 0.3) is 0 Å². The summed E-state index contributed by atoms with van der Waals surface area (Å²) in [5, 5.41) is 11.5. The van der Waals surface area contributed by atoms with Crippen LogP contribution in [0, 0.1) is 12.8 Å². The number of rotatable bonds is 4. The molecule has 0 aliphatic carbocycles. The Balaban J connectivity index is 1.88. The lowest BCUT2D eigenvalue weighted by atomic mass is 10.1. The quantitative estimate of drug-likeness (QED) is 0.482. The number of carbonyl (C=O) groups excluding carboxylic acids is 2. The zero-order valence-corrected chi connectivity index (χ0v) is 15.1. The normalized spacial score (nSPS) is 17.3. The van der Waals surface area contributed by atoms with Crippen LogP contribution in [0.5, 0.6) is 0 Å². The van der Waals surface area contributed by atoms with E-state index >= 15 is 0 Å². The Morgan fingerprint density at radius 2 is 1.93 bits per heavy atom. The average Bonchev–Trinajstić information content (AvgIpc) is 2.63. The van der Waals surface area contributed by atoms with Gasteiger partial charge in [0.25, 0.3) is 5.91 Å². The topological polar surface area (TPSA) is 99.1 Å². The van der Waals surface area contributed by atoms with Gasteiger partial charge in [0.1, 0.15) is 0 Å². The van der Waals surface area contributed by atoms with Crippen molar-refractivity contribution < 1.29 is 19.5 Å². The minimum absolute atomic E-state index is 0.00591. The van der Waals surface area contributed by atoms with Gasteiger partial charge < -0.3 is 10.4 Å². The number of nitrogens with zero attached hydrogens (tertiary/aromatic N) is 2. The highest BCUT2D eigenvalue weighted by Crippen LogP contribution is 2.22. The molecule has 1 aliphatic rings. The standard InChI is InChI=1S/C19H15N3O4S/c1-11-5-7-14(8-6-11)22-17(24)15(16(23)21-19(22)27)10-20-13-4-2-3-12(9-13)18(25)26/h2-10,15H,1H3,(H,25,26)(H,21,23,27)/t15-/m0/s1. The van der Waals surface area contributed by atoms with Gasteiger partial charge in [0.05, 0.1) is 16.9 Å². The second-order valence-electron chi connectivity index (χ2n) is 5.91. The minimum Gasteiger partial charge on any atom is -0.478 e. The van der Waals surface area contributed by atoms with E-state index in [1.54, 1.807) is 18.2 Å². The highest BCUT2D eigenvalue weighted by atomic mass is 32.1. The van der Waals surface area contributed by atoms with E-state index in [-0.39, 0.29) is 10.7 Å². The molecule has 3 rings (SSSR count). The zero-order valence-electron chi connectivity index (χ0n) is 14.2. The summed E-state index contributed by atoms with van der Waals surface area (Å²) in [7, 11) is 0. The molecule has 0 radical (unpaired) electrons. The van der Waals surface area contributed by atoms with E-state index in [0.717, 1.165) is 5.56 Å². The summed E-state index contributed by atoms with van der Waals surface area (Å²) in [6.45, 7) is 1.92. The van der Waals surface area contributed by atoms with Crippen molar-refractivity contribution in [2.75, 3.05) is 4.90 Å². The van der Waals surface area contributed by atoms with E-state index < -0.39 is 23.7 Å². The van der Waals surface area contributed by atoms with Gasteiger partial charge in [-0.25, -0.2) is 4.79 Å². The molecule has 136 valence electrons. The molecule has 8 heteroatoms. The summed E-state index contributed by atoms with van der Waals surface area (Å²) in [4.78, 5) is 41.4. The van der Waals surface area contributed by atoms with Crippen molar-refractivity contribution in [1.82, 2.24) is 5.32 Å². The van der Waals surface area contributed by atoms with E-state index in [2.05, 4.69) is 10.3 Å². The predicted octanol–water partition coefficient (Wildman–Crippen LogP) is 2.46. The van der Waals surface area contributed by atoms with Gasteiger partial charge in [-0.15, -0.1) is 0 Å². The molecule has 0 bridgehead atoms. The molecule has 1 aliphatic heterocycles. The van der Waals surface area contributed by atoms with Crippen molar-refractivity contribution in [2.24, 2.45) is 10.9 Å². The first-order valence-corrected chi connectivity index (χ1v) is 8.40. The van der Waals surface area contributed by atoms with E-state index in [1.807, 2.05) is 19.1 Å². The van der Waals surface area contributed by atoms with Crippen LogP contribution in [0.2, 0.25) is 0 Å². The van der Waals surface area contributed by atoms with Crippen LogP contribution in [0.4, 0.5) is 11.4 Å². The van der Waals surface area contributed by atoms with Crippen LogP contribution in [0.3, 0.4) is 0 Å². The van der Waals surface area contributed by atoms with Crippen LogP contribution in [0.1, 0.15) is 15.9 Å². The Labute approximate surface area is 160 Å². The number of hydrogen-bond donors (Lipinski definition) is 2. The van der Waals surface area contributed by atoms with Crippen molar-refractivity contribution in [3.63, 3.8) is 0 Å². The fraction of sp³-hybridized carbons (Fsp3) is 0.105. The summed E-state index contributed by atoms with van der Waals surface area (Å²) < 4.78 is 0. The molecule has 0 spiro atoms. The fourth-order valence-electron chi connectivity index (χ4n) is 2.54. The molecule has 2 aromatic rings. The number of aliphatic imine (C=N–C) groups is 1. The summed E-state index contributed by atoms with van der Waals surface area (Å²) in [5.41, 5.74) is 1.95. The van der Waals surface area contributed by atoms with E-state index in [0.29, 0.717) is 11.4 Å². The number of amides is 2. The van der Waals surface area contributed by atoms with Gasteiger partial charge in [0, 0.05) is 6.21 Å². The molecular weight excluding hydrogens is 366 g/mol. The molecule has 0 saturated carbocycles. The molecule has 2 aromatic carbocycles. The number of aryl methyl sites for hydroxylation is 1. The Morgan fingerprint density at radius 1 is 1.22 bits per heavy atom. The maximum atomic E-state index is 12.8. The number of benzene rings is 2. The lowest BCUT2D eigenvalue weighted by molar-refractivity contribution is -0.130. The summed E-state index contributed by atoms with van der Waals surface area (Å²) >= 11 is 5.14. The number of hydrogen-bond acceptors (Lipinski definition) is 5. The molecule has 0 unspecified atom stereocenters. The Kier molecular flexibility index (Phi) is 5.09. The number of aromatic carboxylic acids is 1. The highest BCUT2D eigenvalue weighted by molar-refractivity contribution is 7.80. The molecule has 1 saturated heterocycles. The van der Waals surface area contributed by atoms with E-state index in [9.17, 15) is 14.4 Å². The number of carboxylic acids is 1. The van der Waals surface area contributed by atoms with Gasteiger partial charge in [-0.2, -0.15) is 0 Å². The number of carbonyl (C=O) groups is 3. The number of carboxylic acid groups (broad SMARTS) is 1. The number of thiocarbonyl (C=S) groups is 1. The predicted molar refractivity (Wildman–Crippen MR) is 104 cm³/mol. The summed E-state index contributed by atoms with van der Waals surface area (Å²) in [6, 6.07) is 13.0. The smallest absolute Gasteiger partial charge is 0.335 e. The number of anilines is 1. The van der Waals surface area contributed by atoms with Gasteiger partial charge in [-0.3, -0.25) is 19.5 Å². The first-order chi connectivity index (χ1) is 12.9. The van der Waals surface area contributed by atoms with Crippen LogP contribution < -0.4 is 10.2 Å². The fourth-order valence-corrected chi connectivity index (χ4v) is 2.84. The van der Waals surface area contributed by atoms with Gasteiger partial charge in [-0.05, 0) is 49.5 Å². The second-order valence-corrected chi connectivity index (χ2v) is 6.30. The Bertz CT molecular complexity index is 969. The summed E-state index contributed by atoms with van der Waals surface area (Å²) in [5.74, 6) is -3.36. The molecule has 7 nitrogen and oxygen atoms in total. The van der Waals surface area contributed by atoms with Crippen LogP contribution in [0.15, 0.2) is 53.5 Å². The lowest BCUT2D eigenvalue weighted by Crippen LogP contribution is -2.58.